The van der Waals surface area contributed by atoms with Gasteiger partial charge in [-0.2, -0.15) is 0 Å². The molecule has 5 nitrogen and oxygen atoms in total. The molecule has 0 unspecified atom stereocenters. The predicted molar refractivity (Wildman–Crippen MR) is 62.9 cm³/mol. The molecule has 2 aliphatic carbocycles. The molecule has 1 aromatic rings. The molecule has 2 saturated carbocycles. The Labute approximate surface area is 101 Å². The van der Waals surface area contributed by atoms with Gasteiger partial charge in [-0.25, -0.2) is 18.1 Å². The molecule has 0 radical (unpaired) electrons. The van der Waals surface area contributed by atoms with Gasteiger partial charge >= 0.3 is 0 Å². The Bertz CT molecular complexity index is 503. The van der Waals surface area contributed by atoms with Gasteiger partial charge < -0.3 is 4.98 Å². The summed E-state index contributed by atoms with van der Waals surface area (Å²) in [5, 5.41) is 0.182. The van der Waals surface area contributed by atoms with Crippen molar-refractivity contribution in [3.05, 3.63) is 12.0 Å². The molecule has 0 aliphatic heterocycles. The van der Waals surface area contributed by atoms with E-state index >= 15 is 0 Å². The van der Waals surface area contributed by atoms with Gasteiger partial charge in [-0.3, -0.25) is 0 Å². The highest BCUT2D eigenvalue weighted by Gasteiger charge is 2.43. The smallest absolute Gasteiger partial charge is 0.257 e. The van der Waals surface area contributed by atoms with E-state index in [1.807, 2.05) is 0 Å². The SMILES string of the molecule is Cc1ncc(S(=O)(=O)NC(C2CC2)C2CC2)[nH]1. The van der Waals surface area contributed by atoms with E-state index < -0.39 is 10.0 Å². The summed E-state index contributed by atoms with van der Waals surface area (Å²) >= 11 is 0. The standard InChI is InChI=1S/C11H17N3O2S/c1-7-12-6-10(13-7)17(15,16)14-11(8-2-3-8)9-4-5-9/h6,8-9,11,14H,2-5H2,1H3,(H,12,13). The van der Waals surface area contributed by atoms with Gasteiger partial charge in [-0.15, -0.1) is 0 Å². The Morgan fingerprint density at radius 3 is 2.35 bits per heavy atom. The first-order valence-electron chi connectivity index (χ1n) is 6.10. The van der Waals surface area contributed by atoms with E-state index in [2.05, 4.69) is 14.7 Å². The summed E-state index contributed by atoms with van der Waals surface area (Å²) < 4.78 is 27.1. The Morgan fingerprint density at radius 2 is 1.94 bits per heavy atom. The van der Waals surface area contributed by atoms with Gasteiger partial charge in [-0.05, 0) is 44.4 Å². The molecule has 3 rings (SSSR count). The molecule has 0 spiro atoms. The second-order valence-corrected chi connectivity index (χ2v) is 6.84. The van der Waals surface area contributed by atoms with Crippen molar-refractivity contribution in [3.63, 3.8) is 0 Å². The molecule has 2 N–H and O–H groups in total. The van der Waals surface area contributed by atoms with Crippen molar-refractivity contribution in [2.45, 2.75) is 43.7 Å². The van der Waals surface area contributed by atoms with E-state index in [1.54, 1.807) is 6.92 Å². The summed E-state index contributed by atoms with van der Waals surface area (Å²) in [6, 6.07) is 0.142. The largest absolute Gasteiger partial charge is 0.332 e. The van der Waals surface area contributed by atoms with E-state index in [0.717, 1.165) is 25.7 Å². The lowest BCUT2D eigenvalue weighted by Gasteiger charge is -2.16. The van der Waals surface area contributed by atoms with Crippen LogP contribution in [0.5, 0.6) is 0 Å². The number of H-pyrrole nitrogens is 1. The second-order valence-electron chi connectivity index (χ2n) is 5.15. The van der Waals surface area contributed by atoms with Crippen LogP contribution in [-0.2, 0) is 10.0 Å². The van der Waals surface area contributed by atoms with Crippen LogP contribution in [0, 0.1) is 18.8 Å². The molecular weight excluding hydrogens is 238 g/mol. The van der Waals surface area contributed by atoms with Crippen molar-refractivity contribution in [1.29, 1.82) is 0 Å². The number of hydrogen-bond donors (Lipinski definition) is 2. The number of aromatic amines is 1. The molecule has 0 aromatic carbocycles. The molecule has 2 fully saturated rings. The molecule has 1 heterocycles. The van der Waals surface area contributed by atoms with Crippen molar-refractivity contribution in [2.75, 3.05) is 0 Å². The van der Waals surface area contributed by atoms with Crippen molar-refractivity contribution in [3.8, 4) is 0 Å². The Balaban J connectivity index is 1.78. The molecular formula is C11H17N3O2S. The minimum absolute atomic E-state index is 0.142. The fourth-order valence-electron chi connectivity index (χ4n) is 2.27. The van der Waals surface area contributed by atoms with Crippen LogP contribution in [0.1, 0.15) is 31.5 Å². The number of nitrogens with one attached hydrogen (secondary N) is 2. The fraction of sp³-hybridized carbons (Fsp3) is 0.727. The maximum atomic E-state index is 12.1. The van der Waals surface area contributed by atoms with Crippen LogP contribution in [0.15, 0.2) is 11.2 Å². The van der Waals surface area contributed by atoms with Gasteiger partial charge in [0.25, 0.3) is 10.0 Å². The first-order chi connectivity index (χ1) is 8.06. The quantitative estimate of drug-likeness (QED) is 0.829. The summed E-state index contributed by atoms with van der Waals surface area (Å²) in [5.41, 5.74) is 0. The van der Waals surface area contributed by atoms with Crippen LogP contribution in [0.25, 0.3) is 0 Å². The van der Waals surface area contributed by atoms with Crippen LogP contribution in [0.3, 0.4) is 0 Å². The van der Waals surface area contributed by atoms with Crippen molar-refractivity contribution >= 4 is 10.0 Å². The summed E-state index contributed by atoms with van der Waals surface area (Å²) in [6.07, 6.45) is 6.02. The molecule has 1 aromatic heterocycles. The highest BCUT2D eigenvalue weighted by molar-refractivity contribution is 7.89. The van der Waals surface area contributed by atoms with Gasteiger partial charge in [-0.1, -0.05) is 0 Å². The lowest BCUT2D eigenvalue weighted by molar-refractivity contribution is 0.470. The van der Waals surface area contributed by atoms with E-state index in [1.165, 1.54) is 6.20 Å². The van der Waals surface area contributed by atoms with Crippen molar-refractivity contribution in [2.24, 2.45) is 11.8 Å². The molecule has 6 heteroatoms. The van der Waals surface area contributed by atoms with Gasteiger partial charge in [0.05, 0.1) is 6.20 Å². The molecule has 17 heavy (non-hydrogen) atoms. The third-order valence-corrected chi connectivity index (χ3v) is 4.89. The van der Waals surface area contributed by atoms with Crippen molar-refractivity contribution < 1.29 is 8.42 Å². The molecule has 94 valence electrons. The van der Waals surface area contributed by atoms with Crippen LogP contribution in [-0.4, -0.2) is 24.4 Å². The van der Waals surface area contributed by atoms with E-state index in [-0.39, 0.29) is 11.1 Å². The Morgan fingerprint density at radius 1 is 1.35 bits per heavy atom. The van der Waals surface area contributed by atoms with Crippen LogP contribution < -0.4 is 4.72 Å². The van der Waals surface area contributed by atoms with Gasteiger partial charge in [0, 0.05) is 6.04 Å². The normalized spacial score (nSPS) is 21.1. The summed E-state index contributed by atoms with van der Waals surface area (Å²) in [7, 11) is -3.42. The molecule has 2 aliphatic rings. The molecule has 0 bridgehead atoms. The lowest BCUT2D eigenvalue weighted by Crippen LogP contribution is -2.38. The van der Waals surface area contributed by atoms with E-state index in [0.29, 0.717) is 17.7 Å². The number of hydrogen-bond acceptors (Lipinski definition) is 3. The maximum absolute atomic E-state index is 12.1. The number of nitrogens with zero attached hydrogens (tertiary/aromatic N) is 1. The van der Waals surface area contributed by atoms with Crippen LogP contribution in [0.4, 0.5) is 0 Å². The number of rotatable bonds is 5. The first kappa shape index (κ1) is 11.2. The minimum atomic E-state index is -3.42. The highest BCUT2D eigenvalue weighted by Crippen LogP contribution is 2.44. The minimum Gasteiger partial charge on any atom is -0.332 e. The maximum Gasteiger partial charge on any atom is 0.257 e. The molecule has 0 amide bonds. The van der Waals surface area contributed by atoms with Gasteiger partial charge in [0.2, 0.25) is 0 Å². The predicted octanol–water partition coefficient (Wildman–Crippen LogP) is 1.19. The average molecular weight is 255 g/mol. The average Bonchev–Trinajstić information content (AvgIpc) is 3.15. The zero-order valence-electron chi connectivity index (χ0n) is 9.81. The number of aryl methyl sites for hydroxylation is 1. The van der Waals surface area contributed by atoms with Crippen LogP contribution >= 0.6 is 0 Å². The number of imidazole rings is 1. The summed E-state index contributed by atoms with van der Waals surface area (Å²) in [4.78, 5) is 6.72. The van der Waals surface area contributed by atoms with Gasteiger partial charge in [0.15, 0.2) is 5.03 Å². The number of sulfonamides is 1. The summed E-state index contributed by atoms with van der Waals surface area (Å²) in [6.45, 7) is 1.75. The number of aromatic nitrogens is 2. The Hall–Kier alpha value is -0.880. The lowest BCUT2D eigenvalue weighted by atomic mass is 10.1. The van der Waals surface area contributed by atoms with Gasteiger partial charge in [0.1, 0.15) is 5.82 Å². The topological polar surface area (TPSA) is 74.8 Å². The summed E-state index contributed by atoms with van der Waals surface area (Å²) in [5.74, 6) is 1.74. The van der Waals surface area contributed by atoms with E-state index in [9.17, 15) is 8.42 Å². The zero-order valence-corrected chi connectivity index (χ0v) is 10.6. The Kier molecular flexibility index (Phi) is 2.52. The second kappa shape index (κ2) is 3.81. The first-order valence-corrected chi connectivity index (χ1v) is 7.58. The third-order valence-electron chi connectivity index (χ3n) is 3.52. The van der Waals surface area contributed by atoms with Crippen molar-refractivity contribution in [1.82, 2.24) is 14.7 Å². The highest BCUT2D eigenvalue weighted by atomic mass is 32.2. The van der Waals surface area contributed by atoms with Crippen LogP contribution in [0.2, 0.25) is 0 Å². The van der Waals surface area contributed by atoms with E-state index in [4.69, 9.17) is 0 Å². The molecule has 0 atom stereocenters. The fourth-order valence-corrected chi connectivity index (χ4v) is 3.61. The monoisotopic (exact) mass is 255 g/mol. The molecule has 0 saturated heterocycles. The zero-order chi connectivity index (χ0) is 12.0. The third kappa shape index (κ3) is 2.37.